The Labute approximate surface area is 109 Å². The molecule has 0 unspecified atom stereocenters. The van der Waals surface area contributed by atoms with E-state index in [-0.39, 0.29) is 5.91 Å². The van der Waals surface area contributed by atoms with Gasteiger partial charge in [0.25, 0.3) is 5.91 Å². The van der Waals surface area contributed by atoms with Crippen LogP contribution in [0.25, 0.3) is 11.1 Å². The number of rotatable bonds is 4. The first-order chi connectivity index (χ1) is 9.25. The van der Waals surface area contributed by atoms with Crippen LogP contribution in [0.5, 0.6) is 0 Å². The highest BCUT2D eigenvalue weighted by atomic mass is 16.3. The van der Waals surface area contributed by atoms with E-state index in [1.807, 2.05) is 29.9 Å². The highest BCUT2D eigenvalue weighted by Crippen LogP contribution is 2.19. The maximum Gasteiger partial charge on any atom is 0.268 e. The molecule has 0 aliphatic carbocycles. The van der Waals surface area contributed by atoms with Gasteiger partial charge in [0.15, 0.2) is 5.58 Å². The number of fused-ring (bicyclic) bond motifs is 1. The summed E-state index contributed by atoms with van der Waals surface area (Å²) in [4.78, 5) is 12.1. The molecule has 6 nitrogen and oxygen atoms in total. The lowest BCUT2D eigenvalue weighted by Gasteiger charge is -2.06. The van der Waals surface area contributed by atoms with E-state index in [9.17, 15) is 4.79 Å². The Morgan fingerprint density at radius 3 is 3.16 bits per heavy atom. The largest absolute Gasteiger partial charge is 0.463 e. The quantitative estimate of drug-likeness (QED) is 0.769. The summed E-state index contributed by atoms with van der Waals surface area (Å²) in [5.74, 6) is -0.110. The van der Waals surface area contributed by atoms with Crippen molar-refractivity contribution in [2.75, 3.05) is 6.54 Å². The molecule has 98 valence electrons. The van der Waals surface area contributed by atoms with Crippen molar-refractivity contribution >= 4 is 17.0 Å². The van der Waals surface area contributed by atoms with Gasteiger partial charge in [0.2, 0.25) is 0 Å². The minimum atomic E-state index is -0.110. The molecule has 0 aliphatic heterocycles. The van der Waals surface area contributed by atoms with E-state index in [2.05, 4.69) is 10.4 Å². The number of carbonyl (C=O) groups is 1. The molecular weight excluding hydrogens is 244 g/mol. The van der Waals surface area contributed by atoms with Gasteiger partial charge in [-0.25, -0.2) is 0 Å². The average Bonchev–Trinajstić information content (AvgIpc) is 3.09. The molecule has 0 aromatic carbocycles. The SMILES string of the molecule is Cn1c(C(=O)NCCn2cccn2)cc2occc21. The summed E-state index contributed by atoms with van der Waals surface area (Å²) < 4.78 is 8.87. The molecule has 0 saturated carbocycles. The van der Waals surface area contributed by atoms with Gasteiger partial charge < -0.3 is 14.3 Å². The van der Waals surface area contributed by atoms with Crippen LogP contribution in [0.4, 0.5) is 0 Å². The third kappa shape index (κ3) is 2.12. The zero-order valence-electron chi connectivity index (χ0n) is 10.5. The van der Waals surface area contributed by atoms with Crippen LogP contribution in [0.3, 0.4) is 0 Å². The fourth-order valence-corrected chi connectivity index (χ4v) is 2.08. The summed E-state index contributed by atoms with van der Waals surface area (Å²) in [5, 5.41) is 6.94. The van der Waals surface area contributed by atoms with Gasteiger partial charge >= 0.3 is 0 Å². The smallest absolute Gasteiger partial charge is 0.268 e. The second kappa shape index (κ2) is 4.64. The Hall–Kier alpha value is -2.50. The predicted molar refractivity (Wildman–Crippen MR) is 69.7 cm³/mol. The molecule has 3 aromatic rings. The number of hydrogen-bond acceptors (Lipinski definition) is 3. The van der Waals surface area contributed by atoms with Gasteiger partial charge in [0, 0.05) is 38.1 Å². The number of aryl methyl sites for hydroxylation is 1. The first-order valence-corrected chi connectivity index (χ1v) is 6.04. The van der Waals surface area contributed by atoms with Gasteiger partial charge in [0.1, 0.15) is 5.69 Å². The van der Waals surface area contributed by atoms with E-state index in [4.69, 9.17) is 4.42 Å². The van der Waals surface area contributed by atoms with E-state index >= 15 is 0 Å². The number of carbonyl (C=O) groups excluding carboxylic acids is 1. The lowest BCUT2D eigenvalue weighted by atomic mass is 10.4. The first-order valence-electron chi connectivity index (χ1n) is 6.04. The highest BCUT2D eigenvalue weighted by molar-refractivity contribution is 5.97. The summed E-state index contributed by atoms with van der Waals surface area (Å²) in [6.07, 6.45) is 5.19. The minimum absolute atomic E-state index is 0.110. The second-order valence-electron chi connectivity index (χ2n) is 4.28. The Balaban J connectivity index is 1.66. The van der Waals surface area contributed by atoms with Crippen LogP contribution in [0.15, 0.2) is 41.3 Å². The van der Waals surface area contributed by atoms with E-state index in [1.54, 1.807) is 23.2 Å². The lowest BCUT2D eigenvalue weighted by Crippen LogP contribution is -2.28. The average molecular weight is 258 g/mol. The standard InChI is InChI=1S/C13H14N4O2/c1-16-10-3-8-19-12(10)9-11(16)13(18)14-5-7-17-6-2-4-15-17/h2-4,6,8-9H,5,7H2,1H3,(H,14,18). The van der Waals surface area contributed by atoms with Crippen LogP contribution in [-0.4, -0.2) is 26.8 Å². The van der Waals surface area contributed by atoms with Crippen LogP contribution < -0.4 is 5.32 Å². The predicted octanol–water partition coefficient (Wildman–Crippen LogP) is 1.40. The van der Waals surface area contributed by atoms with Crippen LogP contribution in [0.1, 0.15) is 10.5 Å². The molecule has 3 rings (SSSR count). The molecule has 1 amide bonds. The topological polar surface area (TPSA) is 65.0 Å². The van der Waals surface area contributed by atoms with Crippen molar-refractivity contribution in [3.05, 3.63) is 42.5 Å². The van der Waals surface area contributed by atoms with Crippen molar-refractivity contribution in [1.29, 1.82) is 0 Å². The molecule has 19 heavy (non-hydrogen) atoms. The van der Waals surface area contributed by atoms with Gasteiger partial charge in [-0.3, -0.25) is 9.48 Å². The molecule has 0 radical (unpaired) electrons. The summed E-state index contributed by atoms with van der Waals surface area (Å²) >= 11 is 0. The molecule has 6 heteroatoms. The molecule has 0 saturated heterocycles. The maximum absolute atomic E-state index is 12.1. The first kappa shape index (κ1) is 11.6. The molecule has 0 atom stereocenters. The zero-order chi connectivity index (χ0) is 13.2. The molecule has 0 bridgehead atoms. The number of furan rings is 1. The van der Waals surface area contributed by atoms with Gasteiger partial charge in [-0.1, -0.05) is 0 Å². The summed E-state index contributed by atoms with van der Waals surface area (Å²) in [6, 6.07) is 5.45. The zero-order valence-corrected chi connectivity index (χ0v) is 10.5. The van der Waals surface area contributed by atoms with Crippen molar-refractivity contribution in [1.82, 2.24) is 19.7 Å². The fraction of sp³-hybridized carbons (Fsp3) is 0.231. The minimum Gasteiger partial charge on any atom is -0.463 e. The van der Waals surface area contributed by atoms with Crippen molar-refractivity contribution in [3.8, 4) is 0 Å². The van der Waals surface area contributed by atoms with E-state index < -0.39 is 0 Å². The number of nitrogens with zero attached hydrogens (tertiary/aromatic N) is 3. The number of aromatic nitrogens is 3. The van der Waals surface area contributed by atoms with Crippen LogP contribution in [-0.2, 0) is 13.6 Å². The van der Waals surface area contributed by atoms with E-state index in [1.165, 1.54) is 0 Å². The summed E-state index contributed by atoms with van der Waals surface area (Å²) in [7, 11) is 1.85. The molecular formula is C13H14N4O2. The third-order valence-corrected chi connectivity index (χ3v) is 3.08. The number of nitrogens with one attached hydrogen (secondary N) is 1. The third-order valence-electron chi connectivity index (χ3n) is 3.08. The van der Waals surface area contributed by atoms with Crippen molar-refractivity contribution < 1.29 is 9.21 Å². The lowest BCUT2D eigenvalue weighted by molar-refractivity contribution is 0.0944. The van der Waals surface area contributed by atoms with E-state index in [0.717, 1.165) is 11.1 Å². The molecule has 3 heterocycles. The normalized spacial score (nSPS) is 11.0. The van der Waals surface area contributed by atoms with Gasteiger partial charge in [0.05, 0.1) is 18.3 Å². The number of amides is 1. The van der Waals surface area contributed by atoms with E-state index in [0.29, 0.717) is 18.8 Å². The van der Waals surface area contributed by atoms with Crippen LogP contribution in [0, 0.1) is 0 Å². The van der Waals surface area contributed by atoms with Gasteiger partial charge in [-0.05, 0) is 6.07 Å². The molecule has 3 aromatic heterocycles. The molecule has 1 N–H and O–H groups in total. The molecule has 0 spiro atoms. The Morgan fingerprint density at radius 1 is 1.53 bits per heavy atom. The Bertz CT molecular complexity index is 693. The monoisotopic (exact) mass is 258 g/mol. The van der Waals surface area contributed by atoms with Crippen molar-refractivity contribution in [3.63, 3.8) is 0 Å². The highest BCUT2D eigenvalue weighted by Gasteiger charge is 2.14. The summed E-state index contributed by atoms with van der Waals surface area (Å²) in [6.45, 7) is 1.19. The Morgan fingerprint density at radius 2 is 2.42 bits per heavy atom. The maximum atomic E-state index is 12.1. The van der Waals surface area contributed by atoms with Crippen LogP contribution in [0.2, 0.25) is 0 Å². The Kier molecular flexibility index (Phi) is 2.83. The number of hydrogen-bond donors (Lipinski definition) is 1. The van der Waals surface area contributed by atoms with Crippen LogP contribution >= 0.6 is 0 Å². The van der Waals surface area contributed by atoms with Gasteiger partial charge in [-0.2, -0.15) is 5.10 Å². The van der Waals surface area contributed by atoms with Gasteiger partial charge in [-0.15, -0.1) is 0 Å². The molecule has 0 fully saturated rings. The molecule has 0 aliphatic rings. The fourth-order valence-electron chi connectivity index (χ4n) is 2.08. The van der Waals surface area contributed by atoms with Crippen molar-refractivity contribution in [2.24, 2.45) is 7.05 Å². The second-order valence-corrected chi connectivity index (χ2v) is 4.28. The van der Waals surface area contributed by atoms with Crippen molar-refractivity contribution in [2.45, 2.75) is 6.54 Å². The summed E-state index contributed by atoms with van der Waals surface area (Å²) in [5.41, 5.74) is 2.23.